The van der Waals surface area contributed by atoms with Crippen LogP contribution in [0, 0.1) is 0 Å². The van der Waals surface area contributed by atoms with Crippen molar-refractivity contribution >= 4 is 54.2 Å². The van der Waals surface area contributed by atoms with Crippen LogP contribution in [0.2, 0.25) is 5.02 Å². The second kappa shape index (κ2) is 7.94. The van der Waals surface area contributed by atoms with E-state index in [9.17, 15) is 13.2 Å². The van der Waals surface area contributed by atoms with Gasteiger partial charge in [-0.15, -0.1) is 0 Å². The quantitative estimate of drug-likeness (QED) is 0.612. The van der Waals surface area contributed by atoms with Crippen LogP contribution in [0.3, 0.4) is 0 Å². The standard InChI is InChI=1S/C20H18ClN3O5S2/c21-14-4-3-12(31(26,27)24-5-1-2-6-24)9-13(14)19(25)23-20-22-15-10-16-17(11-18(15)30-20)29-8-7-28-16/h3-4,9-11H,1-2,5-8H2,(H,22,23,25). The minimum atomic E-state index is -3.66. The van der Waals surface area contributed by atoms with Gasteiger partial charge >= 0.3 is 0 Å². The first kappa shape index (κ1) is 20.5. The fraction of sp³-hybridized carbons (Fsp3) is 0.300. The molecule has 31 heavy (non-hydrogen) atoms. The Morgan fingerprint density at radius 3 is 2.55 bits per heavy atom. The minimum Gasteiger partial charge on any atom is -0.486 e. The van der Waals surface area contributed by atoms with E-state index >= 15 is 0 Å². The van der Waals surface area contributed by atoms with E-state index in [1.807, 2.05) is 6.07 Å². The number of halogens is 1. The van der Waals surface area contributed by atoms with Gasteiger partial charge in [0.25, 0.3) is 5.91 Å². The molecule has 0 atom stereocenters. The normalized spacial score (nSPS) is 16.5. The number of nitrogens with zero attached hydrogens (tertiary/aromatic N) is 2. The Hall–Kier alpha value is -2.40. The number of rotatable bonds is 4. The third-order valence-corrected chi connectivity index (χ3v) is 8.32. The highest BCUT2D eigenvalue weighted by Gasteiger charge is 2.28. The second-order valence-corrected chi connectivity index (χ2v) is 10.6. The molecule has 11 heteroatoms. The maximum atomic E-state index is 12.9. The van der Waals surface area contributed by atoms with Crippen LogP contribution in [0.5, 0.6) is 11.5 Å². The summed E-state index contributed by atoms with van der Waals surface area (Å²) in [7, 11) is -3.66. The number of carbonyl (C=O) groups excluding carboxylic acids is 1. The average Bonchev–Trinajstić information content (AvgIpc) is 3.42. The number of anilines is 1. The number of fused-ring (bicyclic) bond motifs is 2. The number of sulfonamides is 1. The molecular weight excluding hydrogens is 462 g/mol. The van der Waals surface area contributed by atoms with Crippen LogP contribution in [-0.2, 0) is 10.0 Å². The summed E-state index contributed by atoms with van der Waals surface area (Å²) >= 11 is 7.49. The molecule has 3 heterocycles. The van der Waals surface area contributed by atoms with Crippen LogP contribution in [0.4, 0.5) is 5.13 Å². The smallest absolute Gasteiger partial charge is 0.259 e. The molecule has 8 nitrogen and oxygen atoms in total. The van der Waals surface area contributed by atoms with Crippen LogP contribution in [0.25, 0.3) is 10.2 Å². The van der Waals surface area contributed by atoms with Crippen molar-refractivity contribution in [2.24, 2.45) is 0 Å². The number of thiazole rings is 1. The highest BCUT2D eigenvalue weighted by molar-refractivity contribution is 7.89. The van der Waals surface area contributed by atoms with Crippen molar-refractivity contribution in [2.45, 2.75) is 17.7 Å². The Morgan fingerprint density at radius 1 is 1.10 bits per heavy atom. The van der Waals surface area contributed by atoms with E-state index in [-0.39, 0.29) is 15.5 Å². The van der Waals surface area contributed by atoms with Gasteiger partial charge in [0, 0.05) is 25.2 Å². The van der Waals surface area contributed by atoms with Crippen molar-refractivity contribution in [1.82, 2.24) is 9.29 Å². The Bertz CT molecular complexity index is 1240. The molecule has 2 aromatic carbocycles. The van der Waals surface area contributed by atoms with E-state index in [0.29, 0.717) is 48.5 Å². The molecule has 0 radical (unpaired) electrons. The minimum absolute atomic E-state index is 0.0511. The van der Waals surface area contributed by atoms with Gasteiger partial charge in [-0.05, 0) is 31.0 Å². The lowest BCUT2D eigenvalue weighted by atomic mass is 10.2. The number of nitrogens with one attached hydrogen (secondary N) is 1. The lowest BCUT2D eigenvalue weighted by molar-refractivity contribution is 0.102. The SMILES string of the molecule is O=C(Nc1nc2cc3c(cc2s1)OCCO3)c1cc(S(=O)(=O)N2CCCC2)ccc1Cl. The highest BCUT2D eigenvalue weighted by atomic mass is 35.5. The molecule has 1 N–H and O–H groups in total. The first-order valence-corrected chi connectivity index (χ1v) is 12.4. The zero-order valence-corrected chi connectivity index (χ0v) is 18.6. The fourth-order valence-electron chi connectivity index (χ4n) is 3.60. The highest BCUT2D eigenvalue weighted by Crippen LogP contribution is 2.38. The summed E-state index contributed by atoms with van der Waals surface area (Å²) in [6, 6.07) is 7.77. The monoisotopic (exact) mass is 479 g/mol. The second-order valence-electron chi connectivity index (χ2n) is 7.19. The number of aromatic nitrogens is 1. The molecule has 0 bridgehead atoms. The topological polar surface area (TPSA) is 97.8 Å². The molecule has 0 saturated carbocycles. The largest absolute Gasteiger partial charge is 0.486 e. The lowest BCUT2D eigenvalue weighted by Gasteiger charge is -2.17. The van der Waals surface area contributed by atoms with Gasteiger partial charge in [0.15, 0.2) is 16.6 Å². The molecule has 0 unspecified atom stereocenters. The molecule has 0 aliphatic carbocycles. The third kappa shape index (κ3) is 3.84. The number of ether oxygens (including phenoxy) is 2. The van der Waals surface area contributed by atoms with Crippen LogP contribution < -0.4 is 14.8 Å². The van der Waals surface area contributed by atoms with Crippen molar-refractivity contribution in [3.05, 3.63) is 40.9 Å². The molecule has 1 aromatic heterocycles. The van der Waals surface area contributed by atoms with Gasteiger partial charge in [-0.1, -0.05) is 22.9 Å². The molecule has 2 aliphatic heterocycles. The van der Waals surface area contributed by atoms with Crippen LogP contribution >= 0.6 is 22.9 Å². The molecule has 3 aromatic rings. The maximum Gasteiger partial charge on any atom is 0.259 e. The van der Waals surface area contributed by atoms with E-state index in [4.69, 9.17) is 21.1 Å². The summed E-state index contributed by atoms with van der Waals surface area (Å²) in [5, 5.41) is 3.25. The van der Waals surface area contributed by atoms with Gasteiger partial charge in [-0.2, -0.15) is 4.31 Å². The number of carbonyl (C=O) groups is 1. The summed E-state index contributed by atoms with van der Waals surface area (Å²) < 4.78 is 39.1. The van der Waals surface area contributed by atoms with Crippen LogP contribution in [0.1, 0.15) is 23.2 Å². The van der Waals surface area contributed by atoms with Gasteiger partial charge in [-0.3, -0.25) is 10.1 Å². The summed E-state index contributed by atoms with van der Waals surface area (Å²) in [5.74, 6) is 0.729. The van der Waals surface area contributed by atoms with E-state index in [1.54, 1.807) is 6.07 Å². The van der Waals surface area contributed by atoms with Crippen LogP contribution in [-0.4, -0.2) is 49.9 Å². The molecule has 2 aliphatic rings. The molecule has 1 amide bonds. The molecule has 1 saturated heterocycles. The van der Waals surface area contributed by atoms with E-state index in [0.717, 1.165) is 17.5 Å². The van der Waals surface area contributed by atoms with E-state index in [2.05, 4.69) is 10.3 Å². The predicted molar refractivity (Wildman–Crippen MR) is 118 cm³/mol. The van der Waals surface area contributed by atoms with E-state index in [1.165, 1.54) is 33.8 Å². The van der Waals surface area contributed by atoms with Crippen molar-refractivity contribution < 1.29 is 22.7 Å². The molecule has 0 spiro atoms. The number of benzene rings is 2. The first-order valence-electron chi connectivity index (χ1n) is 9.73. The Morgan fingerprint density at radius 2 is 1.81 bits per heavy atom. The Kier molecular flexibility index (Phi) is 5.25. The van der Waals surface area contributed by atoms with Crippen molar-refractivity contribution in [2.75, 3.05) is 31.6 Å². The Balaban J connectivity index is 1.42. The van der Waals surface area contributed by atoms with Gasteiger partial charge in [0.1, 0.15) is 13.2 Å². The summed E-state index contributed by atoms with van der Waals surface area (Å²) in [4.78, 5) is 17.4. The first-order chi connectivity index (χ1) is 14.9. The molecule has 162 valence electrons. The number of amides is 1. The zero-order valence-electron chi connectivity index (χ0n) is 16.3. The summed E-state index contributed by atoms with van der Waals surface area (Å²) in [6.45, 7) is 1.92. The number of hydrogen-bond donors (Lipinski definition) is 1. The predicted octanol–water partition coefficient (Wildman–Crippen LogP) is 3.76. The van der Waals surface area contributed by atoms with Gasteiger partial charge < -0.3 is 9.47 Å². The summed E-state index contributed by atoms with van der Waals surface area (Å²) in [6.07, 6.45) is 1.66. The van der Waals surface area contributed by atoms with Crippen LogP contribution in [0.15, 0.2) is 35.2 Å². The van der Waals surface area contributed by atoms with Gasteiger partial charge in [0.05, 0.1) is 25.7 Å². The van der Waals surface area contributed by atoms with Crippen molar-refractivity contribution in [3.8, 4) is 11.5 Å². The fourth-order valence-corrected chi connectivity index (χ4v) is 6.22. The van der Waals surface area contributed by atoms with Crippen molar-refractivity contribution in [3.63, 3.8) is 0 Å². The van der Waals surface area contributed by atoms with E-state index < -0.39 is 15.9 Å². The molecule has 1 fully saturated rings. The van der Waals surface area contributed by atoms with Crippen molar-refractivity contribution in [1.29, 1.82) is 0 Å². The maximum absolute atomic E-state index is 12.9. The van der Waals surface area contributed by atoms with Gasteiger partial charge in [0.2, 0.25) is 10.0 Å². The molecular formula is C20H18ClN3O5S2. The Labute approximate surface area is 187 Å². The summed E-state index contributed by atoms with van der Waals surface area (Å²) in [5.41, 5.74) is 0.744. The third-order valence-electron chi connectivity index (χ3n) is 5.16. The average molecular weight is 480 g/mol. The number of hydrogen-bond acceptors (Lipinski definition) is 7. The molecule has 5 rings (SSSR count). The lowest BCUT2D eigenvalue weighted by Crippen LogP contribution is -2.28. The van der Waals surface area contributed by atoms with Gasteiger partial charge in [-0.25, -0.2) is 13.4 Å². The zero-order chi connectivity index (χ0) is 21.6.